The Hall–Kier alpha value is -4.44. The van der Waals surface area contributed by atoms with Crippen molar-refractivity contribution < 1.29 is 14.3 Å². The highest BCUT2D eigenvalue weighted by molar-refractivity contribution is 6.10. The number of nitrogens with zero attached hydrogens (tertiary/aromatic N) is 3. The lowest BCUT2D eigenvalue weighted by atomic mass is 10.2. The van der Waals surface area contributed by atoms with E-state index in [1.54, 1.807) is 48.5 Å². The molecule has 10 nitrogen and oxygen atoms in total. The summed E-state index contributed by atoms with van der Waals surface area (Å²) in [6.07, 6.45) is 3.93. The summed E-state index contributed by atoms with van der Waals surface area (Å²) in [7, 11) is 0. The molecule has 196 valence electrons. The number of amidine groups is 2. The topological polar surface area (TPSA) is 126 Å². The van der Waals surface area contributed by atoms with Crippen LogP contribution in [-0.2, 0) is 4.74 Å². The van der Waals surface area contributed by atoms with Gasteiger partial charge in [-0.2, -0.15) is 0 Å². The molecule has 4 N–H and O–H groups in total. The lowest BCUT2D eigenvalue weighted by molar-refractivity contribution is 0.0682. The maximum absolute atomic E-state index is 12.5. The van der Waals surface area contributed by atoms with Crippen molar-refractivity contribution in [2.45, 2.75) is 12.8 Å². The number of urea groups is 1. The Morgan fingerprint density at radius 1 is 0.816 bits per heavy atom. The van der Waals surface area contributed by atoms with Gasteiger partial charge in [-0.15, -0.1) is 0 Å². The van der Waals surface area contributed by atoms with Crippen LogP contribution in [0.3, 0.4) is 0 Å². The first-order valence-electron chi connectivity index (χ1n) is 12.8. The van der Waals surface area contributed by atoms with Gasteiger partial charge in [-0.25, -0.2) is 9.79 Å². The van der Waals surface area contributed by atoms with Gasteiger partial charge in [0, 0.05) is 54.9 Å². The fraction of sp³-hybridized carbons (Fsp3) is 0.286. The van der Waals surface area contributed by atoms with Crippen LogP contribution >= 0.6 is 0 Å². The lowest BCUT2D eigenvalue weighted by Crippen LogP contribution is -2.41. The Kier molecular flexibility index (Phi) is 7.79. The van der Waals surface area contributed by atoms with Crippen molar-refractivity contribution in [3.63, 3.8) is 0 Å². The number of aromatic amines is 1. The van der Waals surface area contributed by atoms with Crippen LogP contribution in [0, 0.1) is 5.41 Å². The number of ether oxygens (including phenoxy) is 1. The number of carbonyl (C=O) groups is 2. The van der Waals surface area contributed by atoms with Gasteiger partial charge in [-0.3, -0.25) is 10.2 Å². The number of H-pyrrole nitrogens is 1. The van der Waals surface area contributed by atoms with Crippen LogP contribution in [0.2, 0.25) is 0 Å². The van der Waals surface area contributed by atoms with E-state index in [4.69, 9.17) is 10.1 Å². The quantitative estimate of drug-likeness (QED) is 0.304. The molecule has 0 spiro atoms. The molecule has 0 saturated carbocycles. The second-order valence-corrected chi connectivity index (χ2v) is 9.20. The van der Waals surface area contributed by atoms with Gasteiger partial charge in [-0.05, 0) is 73.5 Å². The van der Waals surface area contributed by atoms with Crippen molar-refractivity contribution in [2.24, 2.45) is 4.99 Å². The molecule has 3 amide bonds. The van der Waals surface area contributed by atoms with E-state index in [2.05, 4.69) is 25.5 Å². The number of amides is 3. The van der Waals surface area contributed by atoms with E-state index in [1.807, 2.05) is 23.2 Å². The van der Waals surface area contributed by atoms with E-state index in [9.17, 15) is 9.59 Å². The van der Waals surface area contributed by atoms with Crippen LogP contribution in [0.1, 0.15) is 34.5 Å². The number of morpholine rings is 1. The summed E-state index contributed by atoms with van der Waals surface area (Å²) >= 11 is 0. The Labute approximate surface area is 221 Å². The Morgan fingerprint density at radius 2 is 1.42 bits per heavy atom. The van der Waals surface area contributed by atoms with Crippen molar-refractivity contribution in [2.75, 3.05) is 50.0 Å². The minimum atomic E-state index is -0.397. The summed E-state index contributed by atoms with van der Waals surface area (Å²) in [5.74, 6) is 0.858. The van der Waals surface area contributed by atoms with E-state index in [0.717, 1.165) is 31.6 Å². The fourth-order valence-corrected chi connectivity index (χ4v) is 4.52. The number of hydrogen-bond acceptors (Lipinski definition) is 4. The van der Waals surface area contributed by atoms with Gasteiger partial charge >= 0.3 is 6.03 Å². The average molecular weight is 514 g/mol. The number of hydrogen-bond donors (Lipinski definition) is 4. The molecule has 0 bridgehead atoms. The van der Waals surface area contributed by atoms with Gasteiger partial charge in [0.2, 0.25) is 0 Å². The molecule has 5 rings (SSSR count). The molecule has 1 aromatic heterocycles. The number of carbonyl (C=O) groups excluding carboxylic acids is 2. The summed E-state index contributed by atoms with van der Waals surface area (Å²) < 4.78 is 5.46. The highest BCUT2D eigenvalue weighted by atomic mass is 16.5. The zero-order valence-corrected chi connectivity index (χ0v) is 21.1. The van der Waals surface area contributed by atoms with E-state index < -0.39 is 6.03 Å². The fourth-order valence-electron chi connectivity index (χ4n) is 4.52. The molecule has 38 heavy (non-hydrogen) atoms. The Morgan fingerprint density at radius 3 is 2.00 bits per heavy atom. The van der Waals surface area contributed by atoms with Gasteiger partial charge in [0.25, 0.3) is 5.91 Å². The number of rotatable bonds is 5. The number of anilines is 2. The second kappa shape index (κ2) is 11.7. The zero-order valence-electron chi connectivity index (χ0n) is 21.1. The van der Waals surface area contributed by atoms with Crippen LogP contribution in [0.25, 0.3) is 0 Å². The highest BCUT2D eigenvalue weighted by Gasteiger charge is 2.20. The Bertz CT molecular complexity index is 1290. The zero-order chi connectivity index (χ0) is 26.3. The van der Waals surface area contributed by atoms with Crippen molar-refractivity contribution in [1.29, 1.82) is 5.41 Å². The third kappa shape index (κ3) is 6.09. The number of benzene rings is 2. The van der Waals surface area contributed by atoms with Crippen LogP contribution in [0.4, 0.5) is 16.2 Å². The van der Waals surface area contributed by atoms with Crippen LogP contribution in [-0.4, -0.2) is 77.8 Å². The molecule has 10 heteroatoms. The van der Waals surface area contributed by atoms with Gasteiger partial charge < -0.3 is 30.2 Å². The van der Waals surface area contributed by atoms with E-state index in [1.165, 1.54) is 0 Å². The summed E-state index contributed by atoms with van der Waals surface area (Å²) in [6.45, 7) is 4.26. The first-order chi connectivity index (χ1) is 18.6. The van der Waals surface area contributed by atoms with Crippen LogP contribution in [0.15, 0.2) is 71.9 Å². The smallest absolute Gasteiger partial charge is 0.323 e. The average Bonchev–Trinajstić information content (AvgIpc) is 3.68. The molecular formula is C28H31N7O3. The van der Waals surface area contributed by atoms with Gasteiger partial charge in [0.05, 0.1) is 18.9 Å². The standard InChI is InChI=1S/C28H31N7O3/c29-25(33-26(24-4-3-13-30-24)34-16-18-38-19-17-34)20-5-9-22(10-6-20)31-28(37)32-23-11-7-21(8-12-23)27(36)35-14-1-2-15-35/h3-13,29-30H,1-2,14-19H2,(H2,31,32,37). The van der Waals surface area contributed by atoms with Gasteiger partial charge in [0.15, 0.2) is 11.7 Å². The maximum atomic E-state index is 12.5. The molecule has 2 fully saturated rings. The van der Waals surface area contributed by atoms with Crippen molar-refractivity contribution in [3.05, 3.63) is 83.7 Å². The third-order valence-corrected chi connectivity index (χ3v) is 6.57. The first-order valence-corrected chi connectivity index (χ1v) is 12.8. The first kappa shape index (κ1) is 25.2. The lowest BCUT2D eigenvalue weighted by Gasteiger charge is -2.29. The summed E-state index contributed by atoms with van der Waals surface area (Å²) in [5, 5.41) is 14.1. The predicted molar refractivity (Wildman–Crippen MR) is 147 cm³/mol. The van der Waals surface area contributed by atoms with Crippen molar-refractivity contribution in [3.8, 4) is 0 Å². The highest BCUT2D eigenvalue weighted by Crippen LogP contribution is 2.17. The van der Waals surface area contributed by atoms with Crippen molar-refractivity contribution in [1.82, 2.24) is 14.8 Å². The van der Waals surface area contributed by atoms with Crippen LogP contribution < -0.4 is 10.6 Å². The maximum Gasteiger partial charge on any atom is 0.323 e. The summed E-state index contributed by atoms with van der Waals surface area (Å²) in [6, 6.07) is 17.3. The molecule has 3 aromatic rings. The predicted octanol–water partition coefficient (Wildman–Crippen LogP) is 4.00. The molecule has 2 saturated heterocycles. The van der Waals surface area contributed by atoms with Crippen LogP contribution in [0.5, 0.6) is 0 Å². The SMILES string of the molecule is N=C(N=C(c1ccc[nH]1)N1CCOCC1)c1ccc(NC(=O)Nc2ccc(C(=O)N3CCCC3)cc2)cc1. The summed E-state index contributed by atoms with van der Waals surface area (Å²) in [4.78, 5) is 36.8. The number of likely N-dealkylation sites (tertiary alicyclic amines) is 1. The monoisotopic (exact) mass is 513 g/mol. The number of nitrogens with one attached hydrogen (secondary N) is 4. The number of aromatic nitrogens is 1. The van der Waals surface area contributed by atoms with Gasteiger partial charge in [0.1, 0.15) is 0 Å². The molecule has 2 aromatic carbocycles. The molecule has 0 aliphatic carbocycles. The Balaban J connectivity index is 1.19. The largest absolute Gasteiger partial charge is 0.378 e. The molecule has 0 atom stereocenters. The third-order valence-electron chi connectivity index (χ3n) is 6.57. The molecule has 0 radical (unpaired) electrons. The molecule has 0 unspecified atom stereocenters. The summed E-state index contributed by atoms with van der Waals surface area (Å²) in [5.41, 5.74) is 3.27. The van der Waals surface area contributed by atoms with Gasteiger partial charge in [-0.1, -0.05) is 0 Å². The minimum absolute atomic E-state index is 0.0263. The molecule has 2 aliphatic heterocycles. The molecular weight excluding hydrogens is 482 g/mol. The van der Waals surface area contributed by atoms with Crippen molar-refractivity contribution >= 4 is 35.0 Å². The van der Waals surface area contributed by atoms with E-state index in [-0.39, 0.29) is 11.7 Å². The van der Waals surface area contributed by atoms with E-state index in [0.29, 0.717) is 54.6 Å². The van der Waals surface area contributed by atoms with E-state index >= 15 is 0 Å². The second-order valence-electron chi connectivity index (χ2n) is 9.20. The normalized spacial score (nSPS) is 15.8. The number of aliphatic imine (C=N–C) groups is 1. The minimum Gasteiger partial charge on any atom is -0.378 e. The molecule has 2 aliphatic rings. The molecule has 3 heterocycles.